The number of primary amides is 1. The maximum absolute atomic E-state index is 11.7. The Balaban J connectivity index is 2.21. The summed E-state index contributed by atoms with van der Waals surface area (Å²) in [4.78, 5) is 33.4. The smallest absolute Gasteiger partial charge is 0.407 e. The zero-order chi connectivity index (χ0) is 18.8. The molecule has 0 bridgehead atoms. The molecule has 0 aromatic heterocycles. The van der Waals surface area contributed by atoms with E-state index in [-0.39, 0.29) is 26.4 Å². The number of hydrogen-bond donors (Lipinski definition) is 5. The molecule has 11 heteroatoms. The first-order valence-electron chi connectivity index (χ1n) is 7.87. The molecule has 1 fully saturated rings. The summed E-state index contributed by atoms with van der Waals surface area (Å²) in [5, 5.41) is 20.7. The van der Waals surface area contributed by atoms with Gasteiger partial charge in [-0.2, -0.15) is 0 Å². The van der Waals surface area contributed by atoms with E-state index in [0.29, 0.717) is 12.8 Å². The second-order valence-corrected chi connectivity index (χ2v) is 5.59. The van der Waals surface area contributed by atoms with Crippen molar-refractivity contribution in [2.75, 3.05) is 33.0 Å². The van der Waals surface area contributed by atoms with Gasteiger partial charge in [0.05, 0.1) is 25.9 Å². The average Bonchev–Trinajstić information content (AvgIpc) is 2.53. The Morgan fingerprint density at radius 1 is 1.12 bits per heavy atom. The summed E-state index contributed by atoms with van der Waals surface area (Å²) in [7, 11) is 0. The highest BCUT2D eigenvalue weighted by molar-refractivity contribution is 5.79. The van der Waals surface area contributed by atoms with Crippen molar-refractivity contribution >= 4 is 18.0 Å². The van der Waals surface area contributed by atoms with Crippen molar-refractivity contribution in [1.82, 2.24) is 5.32 Å². The first kappa shape index (κ1) is 21.1. The van der Waals surface area contributed by atoms with E-state index in [9.17, 15) is 19.5 Å². The van der Waals surface area contributed by atoms with Crippen LogP contribution >= 0.6 is 0 Å². The normalized spacial score (nSPS) is 26.0. The number of carbonyl (C=O) groups is 3. The maximum atomic E-state index is 11.7. The Bertz CT molecular complexity index is 461. The number of aliphatic hydroxyl groups excluding tert-OH is 1. The minimum Gasteiger partial charge on any atom is -0.480 e. The third-order valence-electron chi connectivity index (χ3n) is 3.69. The van der Waals surface area contributed by atoms with Gasteiger partial charge >= 0.3 is 12.1 Å². The summed E-state index contributed by atoms with van der Waals surface area (Å²) in [5.41, 5.74) is 10.9. The number of carbonyl (C=O) groups excluding carboxylic acids is 2. The summed E-state index contributed by atoms with van der Waals surface area (Å²) in [6.45, 7) is 0.223. The first-order chi connectivity index (χ1) is 11.8. The van der Waals surface area contributed by atoms with E-state index in [1.54, 1.807) is 0 Å². The third kappa shape index (κ3) is 7.65. The number of nitrogens with one attached hydrogen (secondary N) is 1. The molecular weight excluding hydrogens is 338 g/mol. The Morgan fingerprint density at radius 2 is 1.80 bits per heavy atom. The van der Waals surface area contributed by atoms with Gasteiger partial charge in [-0.15, -0.1) is 0 Å². The maximum Gasteiger partial charge on any atom is 0.407 e. The fourth-order valence-corrected chi connectivity index (χ4v) is 2.46. The van der Waals surface area contributed by atoms with E-state index in [1.807, 2.05) is 0 Å². The standard InChI is InChI=1S/C14H25N3O8/c15-8-1-2-9(11(12(8)20)13(16)21)25-14(22)17-3-4-23-5-6-24-7-10(18)19/h8-9,11-12,20H,1-7,15H2,(H2,16,21)(H,17,22)(H,18,19). The van der Waals surface area contributed by atoms with Gasteiger partial charge in [0.25, 0.3) is 0 Å². The van der Waals surface area contributed by atoms with Crippen LogP contribution in [0.3, 0.4) is 0 Å². The van der Waals surface area contributed by atoms with Gasteiger partial charge < -0.3 is 41.2 Å². The lowest BCUT2D eigenvalue weighted by atomic mass is 9.80. The van der Waals surface area contributed by atoms with Crippen molar-refractivity contribution in [3.05, 3.63) is 0 Å². The summed E-state index contributed by atoms with van der Waals surface area (Å²) in [6.07, 6.45) is -2.01. The van der Waals surface area contributed by atoms with Gasteiger partial charge in [0.1, 0.15) is 18.6 Å². The highest BCUT2D eigenvalue weighted by Gasteiger charge is 2.42. The molecule has 25 heavy (non-hydrogen) atoms. The minimum atomic E-state index is -1.15. The van der Waals surface area contributed by atoms with Crippen LogP contribution in [0.5, 0.6) is 0 Å². The van der Waals surface area contributed by atoms with Crippen molar-refractivity contribution in [3.8, 4) is 0 Å². The number of alkyl carbamates (subject to hydrolysis) is 1. The molecule has 4 atom stereocenters. The number of aliphatic carboxylic acids is 1. The van der Waals surface area contributed by atoms with Crippen LogP contribution in [0, 0.1) is 5.92 Å². The van der Waals surface area contributed by atoms with E-state index in [2.05, 4.69) is 5.32 Å². The SMILES string of the molecule is NC(=O)C1C(OC(=O)NCCOCCOCC(=O)O)CCC(N)C1O. The lowest BCUT2D eigenvalue weighted by Gasteiger charge is -2.36. The topological polar surface area (TPSA) is 183 Å². The summed E-state index contributed by atoms with van der Waals surface area (Å²) < 4.78 is 15.0. The van der Waals surface area contributed by atoms with Gasteiger partial charge in [-0.3, -0.25) is 4.79 Å². The van der Waals surface area contributed by atoms with Gasteiger partial charge in [0.15, 0.2) is 0 Å². The Kier molecular flexibility index (Phi) is 9.13. The quantitative estimate of drug-likeness (QED) is 0.268. The summed E-state index contributed by atoms with van der Waals surface area (Å²) in [6, 6.07) is -0.586. The molecule has 2 amide bonds. The monoisotopic (exact) mass is 363 g/mol. The molecule has 144 valence electrons. The number of rotatable bonds is 10. The summed E-state index contributed by atoms with van der Waals surface area (Å²) in [5.74, 6) is -2.88. The number of nitrogens with two attached hydrogens (primary N) is 2. The molecular formula is C14H25N3O8. The highest BCUT2D eigenvalue weighted by atomic mass is 16.6. The molecule has 11 nitrogen and oxygen atoms in total. The average molecular weight is 363 g/mol. The van der Waals surface area contributed by atoms with Crippen molar-refractivity contribution in [2.24, 2.45) is 17.4 Å². The predicted molar refractivity (Wildman–Crippen MR) is 83.4 cm³/mol. The van der Waals surface area contributed by atoms with Crippen LogP contribution < -0.4 is 16.8 Å². The lowest BCUT2D eigenvalue weighted by molar-refractivity contribution is -0.142. The number of hydrogen-bond acceptors (Lipinski definition) is 8. The van der Waals surface area contributed by atoms with Crippen molar-refractivity contribution in [1.29, 1.82) is 0 Å². The van der Waals surface area contributed by atoms with Crippen LogP contribution in [0.4, 0.5) is 4.79 Å². The van der Waals surface area contributed by atoms with Crippen LogP contribution in [0.2, 0.25) is 0 Å². The van der Waals surface area contributed by atoms with E-state index >= 15 is 0 Å². The fraction of sp³-hybridized carbons (Fsp3) is 0.786. The Hall–Kier alpha value is -1.95. The highest BCUT2D eigenvalue weighted by Crippen LogP contribution is 2.26. The van der Waals surface area contributed by atoms with Crippen LogP contribution in [-0.4, -0.2) is 79.4 Å². The Morgan fingerprint density at radius 3 is 2.44 bits per heavy atom. The van der Waals surface area contributed by atoms with Crippen LogP contribution in [0.15, 0.2) is 0 Å². The second-order valence-electron chi connectivity index (χ2n) is 5.59. The van der Waals surface area contributed by atoms with Gasteiger partial charge in [0.2, 0.25) is 5.91 Å². The predicted octanol–water partition coefficient (Wildman–Crippen LogP) is -2.22. The minimum absolute atomic E-state index is 0.122. The van der Waals surface area contributed by atoms with Crippen LogP contribution in [0.1, 0.15) is 12.8 Å². The molecule has 1 saturated carbocycles. The number of amides is 2. The Labute approximate surface area is 144 Å². The molecule has 0 aromatic rings. The molecule has 1 rings (SSSR count). The van der Waals surface area contributed by atoms with Crippen molar-refractivity contribution in [3.63, 3.8) is 0 Å². The van der Waals surface area contributed by atoms with Crippen molar-refractivity contribution in [2.45, 2.75) is 31.1 Å². The molecule has 0 spiro atoms. The zero-order valence-electron chi connectivity index (χ0n) is 13.8. The largest absolute Gasteiger partial charge is 0.480 e. The van der Waals surface area contributed by atoms with Crippen LogP contribution in [0.25, 0.3) is 0 Å². The summed E-state index contributed by atoms with van der Waals surface area (Å²) >= 11 is 0. The van der Waals surface area contributed by atoms with Gasteiger partial charge in [-0.05, 0) is 12.8 Å². The fourth-order valence-electron chi connectivity index (χ4n) is 2.46. The van der Waals surface area contributed by atoms with E-state index in [4.69, 9.17) is 30.8 Å². The van der Waals surface area contributed by atoms with E-state index in [0.717, 1.165) is 0 Å². The molecule has 1 aliphatic rings. The van der Waals surface area contributed by atoms with Crippen LogP contribution in [-0.2, 0) is 23.8 Å². The molecule has 1 aliphatic carbocycles. The van der Waals surface area contributed by atoms with Gasteiger partial charge in [-0.1, -0.05) is 0 Å². The first-order valence-corrected chi connectivity index (χ1v) is 7.87. The lowest BCUT2D eigenvalue weighted by Crippen LogP contribution is -2.55. The molecule has 4 unspecified atom stereocenters. The van der Waals surface area contributed by atoms with Crippen molar-refractivity contribution < 1.29 is 38.8 Å². The molecule has 0 aliphatic heterocycles. The number of ether oxygens (including phenoxy) is 3. The molecule has 7 N–H and O–H groups in total. The molecule has 0 aromatic carbocycles. The number of carboxylic acids is 1. The number of aliphatic hydroxyl groups is 1. The number of carboxylic acid groups (broad SMARTS) is 1. The molecule has 0 saturated heterocycles. The zero-order valence-corrected chi connectivity index (χ0v) is 13.8. The molecule has 0 radical (unpaired) electrons. The van der Waals surface area contributed by atoms with Gasteiger partial charge in [0, 0.05) is 12.6 Å². The van der Waals surface area contributed by atoms with E-state index in [1.165, 1.54) is 0 Å². The molecule has 0 heterocycles. The van der Waals surface area contributed by atoms with E-state index < -0.39 is 48.7 Å². The second kappa shape index (κ2) is 10.8. The van der Waals surface area contributed by atoms with Gasteiger partial charge in [-0.25, -0.2) is 9.59 Å². The third-order valence-corrected chi connectivity index (χ3v) is 3.69.